The maximum Gasteiger partial charge on any atom is 0.0484 e. The molecule has 11 heterocycles. The van der Waals surface area contributed by atoms with Gasteiger partial charge in [-0.05, 0) is 220 Å². The first-order valence-electron chi connectivity index (χ1n) is 31.5. The first-order chi connectivity index (χ1) is 40.3. The van der Waals surface area contributed by atoms with Crippen LogP contribution in [0, 0.1) is 0 Å². The minimum Gasteiger partial charge on any atom is -0.134 e. The van der Waals surface area contributed by atoms with Gasteiger partial charge in [-0.2, -0.15) is 0 Å². The van der Waals surface area contributed by atoms with Crippen LogP contribution in [-0.2, 0) is 51.4 Å². The first kappa shape index (κ1) is 60.7. The van der Waals surface area contributed by atoms with E-state index in [1.54, 1.807) is 44.5 Å². The lowest BCUT2D eigenvalue weighted by Crippen LogP contribution is -1.94. The summed E-state index contributed by atoms with van der Waals surface area (Å²) in [5.74, 6) is 0. The van der Waals surface area contributed by atoms with Gasteiger partial charge < -0.3 is 0 Å². The Hall–Kier alpha value is -3.00. The highest BCUT2D eigenvalue weighted by atomic mass is 32.1. The third-order valence-corrected chi connectivity index (χ3v) is 30.1. The first-order valence-corrected chi connectivity index (χ1v) is 39.7. The van der Waals surface area contributed by atoms with Gasteiger partial charge in [-0.1, -0.05) is 107 Å². The maximum atomic E-state index is 2.52. The van der Waals surface area contributed by atoms with Gasteiger partial charge in [0.15, 0.2) is 0 Å². The Labute approximate surface area is 532 Å². The van der Waals surface area contributed by atoms with Gasteiger partial charge in [-0.3, -0.25) is 0 Å². The molecule has 0 amide bonds. The molecule has 1 aliphatic heterocycles. The molecule has 0 saturated heterocycles. The van der Waals surface area contributed by atoms with E-state index in [0.29, 0.717) is 0 Å². The maximum absolute atomic E-state index is 2.52. The molecule has 0 unspecified atom stereocenters. The second-order valence-electron chi connectivity index (χ2n) is 22.7. The fourth-order valence-electron chi connectivity index (χ4n) is 12.1. The van der Waals surface area contributed by atoms with Crippen LogP contribution in [0.3, 0.4) is 0 Å². The van der Waals surface area contributed by atoms with Crippen molar-refractivity contribution < 1.29 is 0 Å². The molecule has 0 N–H and O–H groups in total. The van der Waals surface area contributed by atoms with Crippen molar-refractivity contribution in [2.24, 2.45) is 0 Å². The monoisotopic (exact) mass is 1270 g/mol. The van der Waals surface area contributed by atoms with Crippen molar-refractivity contribution in [3.63, 3.8) is 0 Å². The number of hydrogen-bond donors (Lipinski definition) is 0. The average molecular weight is 1270 g/mol. The van der Waals surface area contributed by atoms with E-state index in [4.69, 9.17) is 0 Å². The molecular weight excluding hydrogens is 1190 g/mol. The Kier molecular flexibility index (Phi) is 21.2. The van der Waals surface area contributed by atoms with E-state index in [2.05, 4.69) is 196 Å². The Morgan fingerprint density at radius 2 is 0.293 bits per heavy atom. The van der Waals surface area contributed by atoms with Gasteiger partial charge in [0.05, 0.1) is 0 Å². The third-order valence-electron chi connectivity index (χ3n) is 16.6. The van der Waals surface area contributed by atoms with Gasteiger partial charge in [-0.15, -0.1) is 113 Å². The van der Waals surface area contributed by atoms with E-state index in [-0.39, 0.29) is 0 Å². The van der Waals surface area contributed by atoms with Gasteiger partial charge in [0.2, 0.25) is 0 Å². The number of unbranched alkanes of at least 4 members (excludes halogenated alkanes) is 8. The molecule has 11 rings (SSSR count). The smallest absolute Gasteiger partial charge is 0.0484 e. The topological polar surface area (TPSA) is 0 Å². The van der Waals surface area contributed by atoms with Crippen LogP contribution in [0.5, 0.6) is 0 Å². The van der Waals surface area contributed by atoms with Crippen molar-refractivity contribution in [2.45, 2.75) is 209 Å². The van der Waals surface area contributed by atoms with Crippen molar-refractivity contribution in [3.05, 3.63) is 117 Å². The van der Waals surface area contributed by atoms with Crippen LogP contribution >= 0.6 is 113 Å². The van der Waals surface area contributed by atoms with Gasteiger partial charge in [0.1, 0.15) is 0 Å². The van der Waals surface area contributed by atoms with Crippen LogP contribution in [0.2, 0.25) is 0 Å². The van der Waals surface area contributed by atoms with Crippen LogP contribution in [0.4, 0.5) is 0 Å². The summed E-state index contributed by atoms with van der Waals surface area (Å²) in [5, 5.41) is 0. The highest BCUT2D eigenvalue weighted by Crippen LogP contribution is 2.56. The summed E-state index contributed by atoms with van der Waals surface area (Å²) in [6.07, 6.45) is 28.8. The second-order valence-corrected chi connectivity index (χ2v) is 33.3. The van der Waals surface area contributed by atoms with Crippen LogP contribution < -0.4 is 0 Å². The molecule has 1 aliphatic rings. The molecule has 0 radical (unpaired) electrons. The Morgan fingerprint density at radius 1 is 0.171 bits per heavy atom. The Bertz CT molecular complexity index is 3200. The normalized spacial score (nSPS) is 12.1. The number of thiophene rings is 10. The molecule has 0 aliphatic carbocycles. The number of rotatable bonds is 24. The minimum atomic E-state index is 1.16. The number of fused-ring (bicyclic) bond motifs is 30. The molecule has 20 bridgehead atoms. The molecule has 0 fully saturated rings. The average Bonchev–Trinajstić information content (AvgIpc) is 4.48. The Balaban J connectivity index is 1.12. The van der Waals surface area contributed by atoms with E-state index in [0.717, 1.165) is 51.4 Å². The van der Waals surface area contributed by atoms with Crippen molar-refractivity contribution in [1.82, 2.24) is 0 Å². The SMILES string of the molecule is CCCCc1c2sc(c1CCCC)-c1ccc(s1)-c1sc(c(CCCC)c1CCCC)-c1ccc(s1)-c1ccc(s1)-c1sc(c(CCCC)c1CCCC)-c1ccc(s1)-c1sc(c(CCCC)c1CCCC)-c1ccc(s1)-c1ccc-2s1. The van der Waals surface area contributed by atoms with Crippen LogP contribution in [0.25, 0.3) is 97.5 Å². The molecule has 0 spiro atoms. The summed E-state index contributed by atoms with van der Waals surface area (Å²) in [4.78, 5) is 29.6. The minimum absolute atomic E-state index is 1.16. The van der Waals surface area contributed by atoms with E-state index in [9.17, 15) is 0 Å². The standard InChI is InChI=1S/C72H84S10/c1-9-17-25-45-49(29-21-13-5)69-61-41-42-62(77-61)70-50(30-22-14-6)46(26-18-10-2)67(80-70)59-39-35-55(75-59)56-36-40-60(76-56)68-48(28-20-12-4)52(32-24-16-8)72(82-68)64-44-43-63(78-64)71-51(31-23-15-7)47(27-19-11-3)66(81-71)58-38-34-54(74-58)53-33-37-57(73-53)65(45)79-69/h33-44H,9-32H2,1-8H3. The lowest BCUT2D eigenvalue weighted by atomic mass is 9.97. The van der Waals surface area contributed by atoms with E-state index >= 15 is 0 Å². The zero-order valence-corrected chi connectivity index (χ0v) is 58.1. The summed E-state index contributed by atoms with van der Waals surface area (Å²) in [5.41, 5.74) is 13.1. The van der Waals surface area contributed by atoms with Gasteiger partial charge >= 0.3 is 0 Å². The van der Waals surface area contributed by atoms with E-state index in [1.807, 2.05) is 45.3 Å². The molecule has 10 heteroatoms. The largest absolute Gasteiger partial charge is 0.134 e. The molecule has 0 nitrogen and oxygen atoms in total. The molecule has 10 aromatic rings. The highest BCUT2D eigenvalue weighted by Gasteiger charge is 2.29. The van der Waals surface area contributed by atoms with Crippen molar-refractivity contribution in [1.29, 1.82) is 0 Å². The van der Waals surface area contributed by atoms with Crippen molar-refractivity contribution in [3.8, 4) is 97.5 Å². The second kappa shape index (κ2) is 28.7. The summed E-state index contributed by atoms with van der Waals surface area (Å²) >= 11 is 20.8. The van der Waals surface area contributed by atoms with Gasteiger partial charge in [0.25, 0.3) is 0 Å². The highest BCUT2D eigenvalue weighted by molar-refractivity contribution is 7.33. The predicted molar refractivity (Wildman–Crippen MR) is 382 cm³/mol. The van der Waals surface area contributed by atoms with Gasteiger partial charge in [-0.25, -0.2) is 0 Å². The molecule has 0 aromatic carbocycles. The fourth-order valence-corrected chi connectivity index (χ4v) is 25.0. The third kappa shape index (κ3) is 12.7. The predicted octanol–water partition coefficient (Wildman–Crippen LogP) is 28.0. The summed E-state index contributed by atoms with van der Waals surface area (Å²) in [6, 6.07) is 29.8. The Morgan fingerprint density at radius 3 is 0.427 bits per heavy atom. The lowest BCUT2D eigenvalue weighted by molar-refractivity contribution is 0.764. The molecular formula is C72H84S10. The van der Waals surface area contributed by atoms with Crippen LogP contribution in [0.1, 0.15) is 203 Å². The van der Waals surface area contributed by atoms with E-state index < -0.39 is 0 Å². The van der Waals surface area contributed by atoms with Crippen LogP contribution in [-0.4, -0.2) is 0 Å². The zero-order valence-electron chi connectivity index (χ0n) is 50.0. The lowest BCUT2D eigenvalue weighted by Gasteiger charge is -2.08. The zero-order chi connectivity index (χ0) is 56.7. The molecule has 432 valence electrons. The van der Waals surface area contributed by atoms with Crippen molar-refractivity contribution in [2.75, 3.05) is 0 Å². The van der Waals surface area contributed by atoms with Crippen LogP contribution in [0.15, 0.2) is 72.8 Å². The van der Waals surface area contributed by atoms with Crippen molar-refractivity contribution >= 4 is 113 Å². The summed E-state index contributed by atoms with van der Waals surface area (Å²) in [6.45, 7) is 19.0. The number of hydrogen-bond acceptors (Lipinski definition) is 10. The molecule has 82 heavy (non-hydrogen) atoms. The van der Waals surface area contributed by atoms with E-state index in [1.165, 1.54) is 200 Å². The summed E-state index contributed by atoms with van der Waals surface area (Å²) in [7, 11) is 0. The van der Waals surface area contributed by atoms with Gasteiger partial charge in [0, 0.05) is 97.5 Å². The summed E-state index contributed by atoms with van der Waals surface area (Å²) < 4.78 is 0. The quantitative estimate of drug-likeness (QED) is 0.0566. The molecule has 10 aromatic heterocycles. The molecule has 0 saturated carbocycles. The fraction of sp³-hybridized carbons (Fsp3) is 0.444. The molecule has 0 atom stereocenters.